The number of carbonyl (C=O) groups is 1. The third-order valence-corrected chi connectivity index (χ3v) is 4.28. The fourth-order valence-corrected chi connectivity index (χ4v) is 3.13. The molecule has 4 heteroatoms. The summed E-state index contributed by atoms with van der Waals surface area (Å²) in [6, 6.07) is 3.89. The fourth-order valence-electron chi connectivity index (χ4n) is 3.13. The van der Waals surface area contributed by atoms with Gasteiger partial charge in [0, 0.05) is 6.54 Å². The molecule has 1 aliphatic rings. The molecule has 1 aromatic rings. The third-order valence-electron chi connectivity index (χ3n) is 4.28. The summed E-state index contributed by atoms with van der Waals surface area (Å²) in [5, 5.41) is 0. The number of hydrogen-bond acceptors (Lipinski definition) is 4. The smallest absolute Gasteiger partial charge is 0.185 e. The summed E-state index contributed by atoms with van der Waals surface area (Å²) in [5.74, 6) is 0.860. The molecule has 1 aliphatic heterocycles. The third kappa shape index (κ3) is 3.44. The standard InChI is InChI=1S/C17H26N2O2/c1-12-9-13(2)16(15(10-12)21-5)17(20)14-11-18(3)7-6-8-19(14)4/h9-10,14H,6-8,11H2,1-5H3. The van der Waals surface area contributed by atoms with Gasteiger partial charge in [-0.05, 0) is 64.6 Å². The van der Waals surface area contributed by atoms with Gasteiger partial charge in [0.25, 0.3) is 0 Å². The zero-order valence-corrected chi connectivity index (χ0v) is 13.8. The van der Waals surface area contributed by atoms with Crippen molar-refractivity contribution in [2.75, 3.05) is 40.8 Å². The molecule has 1 atom stereocenters. The second-order valence-corrected chi connectivity index (χ2v) is 6.14. The highest BCUT2D eigenvalue weighted by molar-refractivity contribution is 6.04. The topological polar surface area (TPSA) is 32.8 Å². The van der Waals surface area contributed by atoms with E-state index in [1.165, 1.54) is 0 Å². The van der Waals surface area contributed by atoms with E-state index in [2.05, 4.69) is 22.9 Å². The Morgan fingerprint density at radius 1 is 1.24 bits per heavy atom. The largest absolute Gasteiger partial charge is 0.496 e. The van der Waals surface area contributed by atoms with E-state index in [4.69, 9.17) is 4.74 Å². The second kappa shape index (κ2) is 6.58. The van der Waals surface area contributed by atoms with Gasteiger partial charge < -0.3 is 9.64 Å². The number of hydrogen-bond donors (Lipinski definition) is 0. The minimum absolute atomic E-state index is 0.104. The van der Waals surface area contributed by atoms with Crippen molar-refractivity contribution in [1.29, 1.82) is 0 Å². The first-order chi connectivity index (χ1) is 9.93. The lowest BCUT2D eigenvalue weighted by Gasteiger charge is -2.27. The van der Waals surface area contributed by atoms with Gasteiger partial charge in [0.2, 0.25) is 0 Å². The lowest BCUT2D eigenvalue weighted by atomic mass is 9.95. The first-order valence-corrected chi connectivity index (χ1v) is 7.52. The highest BCUT2D eigenvalue weighted by Gasteiger charge is 2.30. The van der Waals surface area contributed by atoms with Crippen LogP contribution in [0.15, 0.2) is 12.1 Å². The molecule has 0 amide bonds. The van der Waals surface area contributed by atoms with Crippen LogP contribution in [-0.2, 0) is 0 Å². The Hall–Kier alpha value is -1.39. The summed E-state index contributed by atoms with van der Waals surface area (Å²) in [7, 11) is 5.75. The van der Waals surface area contributed by atoms with Crippen LogP contribution in [0, 0.1) is 13.8 Å². The Morgan fingerprint density at radius 3 is 2.62 bits per heavy atom. The minimum atomic E-state index is -0.104. The van der Waals surface area contributed by atoms with Crippen molar-refractivity contribution in [2.45, 2.75) is 26.3 Å². The summed E-state index contributed by atoms with van der Waals surface area (Å²) < 4.78 is 5.46. The van der Waals surface area contributed by atoms with Gasteiger partial charge in [-0.25, -0.2) is 0 Å². The molecule has 1 heterocycles. The van der Waals surface area contributed by atoms with Crippen LogP contribution < -0.4 is 4.74 Å². The van der Waals surface area contributed by atoms with E-state index in [9.17, 15) is 4.79 Å². The summed E-state index contributed by atoms with van der Waals surface area (Å²) in [6.07, 6.45) is 1.10. The number of rotatable bonds is 3. The molecule has 0 radical (unpaired) electrons. The summed E-state index contributed by atoms with van der Waals surface area (Å²) in [5.41, 5.74) is 2.85. The van der Waals surface area contributed by atoms with E-state index in [-0.39, 0.29) is 11.8 Å². The molecule has 4 nitrogen and oxygen atoms in total. The maximum absolute atomic E-state index is 13.1. The maximum Gasteiger partial charge on any atom is 0.185 e. The molecule has 1 unspecified atom stereocenters. The quantitative estimate of drug-likeness (QED) is 0.799. The number of carbonyl (C=O) groups excluding carboxylic acids is 1. The molecule has 2 rings (SSSR count). The zero-order valence-electron chi connectivity index (χ0n) is 13.8. The number of benzene rings is 1. The Labute approximate surface area is 127 Å². The van der Waals surface area contributed by atoms with Gasteiger partial charge in [0.15, 0.2) is 5.78 Å². The number of methoxy groups -OCH3 is 1. The van der Waals surface area contributed by atoms with Gasteiger partial charge in [-0.15, -0.1) is 0 Å². The zero-order chi connectivity index (χ0) is 15.6. The van der Waals surface area contributed by atoms with Gasteiger partial charge in [-0.3, -0.25) is 9.69 Å². The van der Waals surface area contributed by atoms with Gasteiger partial charge in [0.1, 0.15) is 5.75 Å². The normalized spacial score (nSPS) is 21.1. The number of ketones is 1. The molecular weight excluding hydrogens is 264 g/mol. The Morgan fingerprint density at radius 2 is 1.95 bits per heavy atom. The fraction of sp³-hybridized carbons (Fsp3) is 0.588. The number of likely N-dealkylation sites (N-methyl/N-ethyl adjacent to an activating group) is 2. The van der Waals surface area contributed by atoms with Crippen LogP contribution >= 0.6 is 0 Å². The van der Waals surface area contributed by atoms with Gasteiger partial charge in [-0.1, -0.05) is 6.07 Å². The van der Waals surface area contributed by atoms with Crippen molar-refractivity contribution >= 4 is 5.78 Å². The highest BCUT2D eigenvalue weighted by Crippen LogP contribution is 2.27. The van der Waals surface area contributed by atoms with Crippen LogP contribution in [0.4, 0.5) is 0 Å². The van der Waals surface area contributed by atoms with Gasteiger partial charge in [0.05, 0.1) is 18.7 Å². The SMILES string of the molecule is COc1cc(C)cc(C)c1C(=O)C1CN(C)CCCN1C. The van der Waals surface area contributed by atoms with E-state index in [1.807, 2.05) is 27.0 Å². The lowest BCUT2D eigenvalue weighted by molar-refractivity contribution is 0.0835. The Balaban J connectivity index is 2.38. The maximum atomic E-state index is 13.1. The lowest BCUT2D eigenvalue weighted by Crippen LogP contribution is -2.44. The second-order valence-electron chi connectivity index (χ2n) is 6.14. The van der Waals surface area contributed by atoms with E-state index in [0.29, 0.717) is 5.75 Å². The Kier molecular flexibility index (Phi) is 5.01. The van der Waals surface area contributed by atoms with Crippen molar-refractivity contribution in [3.63, 3.8) is 0 Å². The number of Topliss-reactive ketones (excluding diaryl/α,β-unsaturated/α-hetero) is 1. The molecule has 116 valence electrons. The number of nitrogens with zero attached hydrogens (tertiary/aromatic N) is 2. The Bertz CT molecular complexity index is 528. The molecule has 0 N–H and O–H groups in total. The summed E-state index contributed by atoms with van der Waals surface area (Å²) >= 11 is 0. The van der Waals surface area contributed by atoms with E-state index in [1.54, 1.807) is 7.11 Å². The van der Waals surface area contributed by atoms with Crippen molar-refractivity contribution in [3.8, 4) is 5.75 Å². The van der Waals surface area contributed by atoms with Crippen molar-refractivity contribution in [2.24, 2.45) is 0 Å². The molecule has 0 saturated carbocycles. The van der Waals surface area contributed by atoms with Crippen LogP contribution in [0.3, 0.4) is 0 Å². The molecule has 0 aromatic heterocycles. The molecule has 0 bridgehead atoms. The highest BCUT2D eigenvalue weighted by atomic mass is 16.5. The molecular formula is C17H26N2O2. The molecule has 1 fully saturated rings. The van der Waals surface area contributed by atoms with E-state index >= 15 is 0 Å². The molecule has 0 spiro atoms. The van der Waals surface area contributed by atoms with Crippen molar-refractivity contribution < 1.29 is 9.53 Å². The van der Waals surface area contributed by atoms with Crippen molar-refractivity contribution in [3.05, 3.63) is 28.8 Å². The van der Waals surface area contributed by atoms with E-state index < -0.39 is 0 Å². The number of aryl methyl sites for hydroxylation is 2. The predicted octanol–water partition coefficient (Wildman–Crippen LogP) is 2.13. The van der Waals surface area contributed by atoms with Crippen LogP contribution in [0.5, 0.6) is 5.75 Å². The average molecular weight is 290 g/mol. The average Bonchev–Trinajstić information content (AvgIpc) is 2.58. The van der Waals surface area contributed by atoms with Crippen LogP contribution in [0.1, 0.15) is 27.9 Å². The molecule has 0 aliphatic carbocycles. The monoisotopic (exact) mass is 290 g/mol. The minimum Gasteiger partial charge on any atom is -0.496 e. The molecule has 21 heavy (non-hydrogen) atoms. The first-order valence-electron chi connectivity index (χ1n) is 7.52. The van der Waals surface area contributed by atoms with Crippen LogP contribution in [0.2, 0.25) is 0 Å². The predicted molar refractivity (Wildman–Crippen MR) is 85.3 cm³/mol. The van der Waals surface area contributed by atoms with Gasteiger partial charge >= 0.3 is 0 Å². The number of ether oxygens (including phenoxy) is 1. The molecule has 1 aromatic carbocycles. The summed E-state index contributed by atoms with van der Waals surface area (Å²) in [4.78, 5) is 17.5. The van der Waals surface area contributed by atoms with E-state index in [0.717, 1.165) is 42.7 Å². The first kappa shape index (κ1) is 16.0. The van der Waals surface area contributed by atoms with Crippen molar-refractivity contribution in [1.82, 2.24) is 9.80 Å². The molecule has 1 saturated heterocycles. The van der Waals surface area contributed by atoms with Crippen LogP contribution in [0.25, 0.3) is 0 Å². The van der Waals surface area contributed by atoms with Crippen LogP contribution in [-0.4, -0.2) is 62.5 Å². The van der Waals surface area contributed by atoms with Gasteiger partial charge in [-0.2, -0.15) is 0 Å². The summed E-state index contributed by atoms with van der Waals surface area (Å²) in [6.45, 7) is 6.77.